The number of hydrogen-bond donors (Lipinski definition) is 0. The van der Waals surface area contributed by atoms with Crippen LogP contribution in [0.15, 0.2) is 58.3 Å². The minimum Gasteiger partial charge on any atom is -0.427 e. The van der Waals surface area contributed by atoms with E-state index in [-0.39, 0.29) is 34.1 Å². The average Bonchev–Trinajstić information content (AvgIpc) is 3.06. The summed E-state index contributed by atoms with van der Waals surface area (Å²) in [5.41, 5.74) is 0. The monoisotopic (exact) mass is 882 g/mol. The van der Waals surface area contributed by atoms with Gasteiger partial charge in [-0.05, 0) is 61.4 Å². The van der Waals surface area contributed by atoms with E-state index in [1.807, 2.05) is 0 Å². The van der Waals surface area contributed by atoms with Crippen LogP contribution in [0.25, 0.3) is 0 Å². The summed E-state index contributed by atoms with van der Waals surface area (Å²) in [6, 6.07) is 9.52. The molecular weight excluding hydrogens is 854 g/mol. The molecule has 0 bridgehead atoms. The van der Waals surface area contributed by atoms with Crippen LogP contribution in [0.2, 0.25) is 0 Å². The van der Waals surface area contributed by atoms with Gasteiger partial charge in [0.15, 0.2) is 0 Å². The van der Waals surface area contributed by atoms with Crippen molar-refractivity contribution < 1.29 is 98.1 Å². The smallest absolute Gasteiger partial charge is 0.427 e. The lowest BCUT2D eigenvalue weighted by molar-refractivity contribution is -0.396. The molecule has 0 unspecified atom stereocenters. The second-order valence-corrected chi connectivity index (χ2v) is 14.0. The molecule has 2 aromatic carbocycles. The molecule has 0 aliphatic heterocycles. The molecule has 0 N–H and O–H groups in total. The summed E-state index contributed by atoms with van der Waals surface area (Å²) in [6.07, 6.45) is -16.5. The van der Waals surface area contributed by atoms with E-state index in [4.69, 9.17) is 9.47 Å². The fourth-order valence-corrected chi connectivity index (χ4v) is 6.03. The zero-order valence-electron chi connectivity index (χ0n) is 27.9. The largest absolute Gasteiger partial charge is 0.460 e. The van der Waals surface area contributed by atoms with Gasteiger partial charge in [0, 0.05) is 47.0 Å². The molecule has 0 saturated carbocycles. The van der Waals surface area contributed by atoms with Crippen LogP contribution < -0.4 is 9.47 Å². The Morgan fingerprint density at radius 3 is 0.982 bits per heavy atom. The minimum absolute atomic E-state index is 0.0196. The van der Waals surface area contributed by atoms with Crippen LogP contribution in [0, 0.1) is 0 Å². The van der Waals surface area contributed by atoms with Crippen molar-refractivity contribution >= 4 is 35.5 Å². The Balaban J connectivity index is 1.67. The number of ether oxygens (including phenoxy) is 2. The molecule has 0 fully saturated rings. The highest BCUT2D eigenvalue weighted by atomic mass is 32.2. The van der Waals surface area contributed by atoms with Crippen molar-refractivity contribution in [2.24, 2.45) is 0 Å². The van der Waals surface area contributed by atoms with Gasteiger partial charge in [0.25, 0.3) is 0 Å². The van der Waals surface area contributed by atoms with Gasteiger partial charge in [-0.3, -0.25) is 9.59 Å². The molecule has 0 aromatic heterocycles. The standard InChI is InChI=1S/C32H28F18O4S2/c33-25(34,27(37,38)29(41,42)31(45,46)47)15-17-55-21-11-7-19(8-12-21)53-23(51)5-3-1-2-4-6-24(52)54-20-9-13-22(14-10-20)56-18-16-26(35,36)28(39,40)30(43,44)32(48,49)50/h7-14H,1-6,15-18H2. The lowest BCUT2D eigenvalue weighted by Crippen LogP contribution is -2.60. The summed E-state index contributed by atoms with van der Waals surface area (Å²) in [7, 11) is 0. The van der Waals surface area contributed by atoms with Crippen LogP contribution in [0.1, 0.15) is 51.4 Å². The summed E-state index contributed by atoms with van der Waals surface area (Å²) in [4.78, 5) is 24.4. The van der Waals surface area contributed by atoms with Gasteiger partial charge in [0.05, 0.1) is 0 Å². The first-order chi connectivity index (χ1) is 25.4. The fraction of sp³-hybridized carbons (Fsp3) is 0.562. The molecule has 0 aliphatic carbocycles. The quantitative estimate of drug-likeness (QED) is 0.0409. The Labute approximate surface area is 314 Å². The van der Waals surface area contributed by atoms with E-state index in [1.54, 1.807) is 0 Å². The minimum atomic E-state index is -6.97. The molecule has 0 spiro atoms. The molecule has 0 heterocycles. The second-order valence-electron chi connectivity index (χ2n) is 11.7. The van der Waals surface area contributed by atoms with E-state index >= 15 is 0 Å². The highest BCUT2D eigenvalue weighted by Gasteiger charge is 2.82. The number of thioether (sulfide) groups is 2. The normalized spacial score (nSPS) is 13.8. The highest BCUT2D eigenvalue weighted by molar-refractivity contribution is 7.99. The number of halogens is 18. The van der Waals surface area contributed by atoms with Crippen molar-refractivity contribution in [3.05, 3.63) is 48.5 Å². The molecule has 0 aliphatic rings. The molecule has 0 radical (unpaired) electrons. The van der Waals surface area contributed by atoms with Crippen LogP contribution in [-0.2, 0) is 9.59 Å². The van der Waals surface area contributed by atoms with Crippen molar-refractivity contribution in [1.29, 1.82) is 0 Å². The van der Waals surface area contributed by atoms with Crippen molar-refractivity contribution in [2.45, 2.75) is 109 Å². The molecule has 2 aromatic rings. The first kappa shape index (κ1) is 49.0. The molecule has 2 rings (SSSR count). The summed E-state index contributed by atoms with van der Waals surface area (Å²) >= 11 is 0.883. The van der Waals surface area contributed by atoms with Crippen LogP contribution in [-0.4, -0.2) is 71.3 Å². The number of alkyl halides is 18. The Morgan fingerprint density at radius 1 is 0.429 bits per heavy atom. The maximum Gasteiger partial charge on any atom is 0.460 e. The molecule has 0 atom stereocenters. The SMILES string of the molecule is O=C(CCCCCCC(=O)Oc1ccc(SCCC(F)(F)C(F)(F)C(F)(F)C(F)(F)F)cc1)Oc1ccc(SCCC(F)(F)C(F)(F)C(F)(F)C(F)(F)F)cc1. The molecule has 318 valence electrons. The Kier molecular flexibility index (Phi) is 16.3. The number of esters is 2. The Morgan fingerprint density at radius 2 is 0.714 bits per heavy atom. The third kappa shape index (κ3) is 12.2. The zero-order valence-corrected chi connectivity index (χ0v) is 29.6. The summed E-state index contributed by atoms with van der Waals surface area (Å²) in [5, 5.41) is 0. The predicted molar refractivity (Wildman–Crippen MR) is 164 cm³/mol. The summed E-state index contributed by atoms with van der Waals surface area (Å²) in [5.74, 6) is -42.1. The van der Waals surface area contributed by atoms with Crippen molar-refractivity contribution in [3.8, 4) is 11.5 Å². The van der Waals surface area contributed by atoms with Gasteiger partial charge < -0.3 is 9.47 Å². The van der Waals surface area contributed by atoms with E-state index in [9.17, 15) is 88.6 Å². The first-order valence-corrected chi connectivity index (χ1v) is 17.6. The van der Waals surface area contributed by atoms with Gasteiger partial charge >= 0.3 is 59.8 Å². The van der Waals surface area contributed by atoms with Gasteiger partial charge in [-0.25, -0.2) is 0 Å². The Bertz CT molecular complexity index is 1460. The topological polar surface area (TPSA) is 52.6 Å². The predicted octanol–water partition coefficient (Wildman–Crippen LogP) is 12.4. The second kappa shape index (κ2) is 18.6. The molecule has 56 heavy (non-hydrogen) atoms. The molecule has 0 amide bonds. The number of unbranched alkanes of at least 4 members (excludes halogenated alkanes) is 3. The third-order valence-corrected chi connectivity index (χ3v) is 9.44. The molecular formula is C32H28F18O4S2. The zero-order chi connectivity index (χ0) is 43.0. The fourth-order valence-electron chi connectivity index (χ4n) is 4.19. The maximum atomic E-state index is 13.7. The first-order valence-electron chi connectivity index (χ1n) is 15.7. The lowest BCUT2D eigenvalue weighted by Gasteiger charge is -2.33. The van der Waals surface area contributed by atoms with Crippen molar-refractivity contribution in [2.75, 3.05) is 11.5 Å². The number of hydrogen-bond acceptors (Lipinski definition) is 6. The van der Waals surface area contributed by atoms with E-state index in [0.717, 1.165) is 0 Å². The van der Waals surface area contributed by atoms with Gasteiger partial charge in [0.1, 0.15) is 11.5 Å². The van der Waals surface area contributed by atoms with E-state index in [0.29, 0.717) is 49.2 Å². The molecule has 4 nitrogen and oxygen atoms in total. The number of rotatable bonds is 21. The summed E-state index contributed by atoms with van der Waals surface area (Å²) < 4.78 is 244. The van der Waals surface area contributed by atoms with Gasteiger partial charge in [-0.2, -0.15) is 79.0 Å². The lowest BCUT2D eigenvalue weighted by atomic mass is 10.0. The van der Waals surface area contributed by atoms with E-state index < -0.39 is 84.2 Å². The van der Waals surface area contributed by atoms with E-state index in [1.165, 1.54) is 48.5 Å². The van der Waals surface area contributed by atoms with Crippen LogP contribution in [0.3, 0.4) is 0 Å². The third-order valence-electron chi connectivity index (χ3n) is 7.41. The molecule has 24 heteroatoms. The number of carbonyl (C=O) groups is 2. The van der Waals surface area contributed by atoms with Crippen LogP contribution >= 0.6 is 23.5 Å². The maximum absolute atomic E-state index is 13.7. The number of carbonyl (C=O) groups excluding carboxylic acids is 2. The van der Waals surface area contributed by atoms with Crippen LogP contribution in [0.4, 0.5) is 79.0 Å². The van der Waals surface area contributed by atoms with Crippen LogP contribution in [0.5, 0.6) is 11.5 Å². The van der Waals surface area contributed by atoms with Gasteiger partial charge in [-0.1, -0.05) is 12.8 Å². The highest BCUT2D eigenvalue weighted by Crippen LogP contribution is 2.55. The summed E-state index contributed by atoms with van der Waals surface area (Å²) in [6.45, 7) is 0. The Hall–Kier alpha value is -3.18. The average molecular weight is 883 g/mol. The van der Waals surface area contributed by atoms with Gasteiger partial charge in [-0.15, -0.1) is 23.5 Å². The van der Waals surface area contributed by atoms with E-state index in [2.05, 4.69) is 0 Å². The number of benzene rings is 2. The van der Waals surface area contributed by atoms with Gasteiger partial charge in [0.2, 0.25) is 0 Å². The van der Waals surface area contributed by atoms with Crippen molar-refractivity contribution in [1.82, 2.24) is 0 Å². The molecule has 0 saturated heterocycles. The van der Waals surface area contributed by atoms with Crippen molar-refractivity contribution in [3.63, 3.8) is 0 Å².